The molecular formula is C12H27N3. The highest BCUT2D eigenvalue weighted by Gasteiger charge is 2.29. The van der Waals surface area contributed by atoms with Crippen molar-refractivity contribution in [3.63, 3.8) is 0 Å². The van der Waals surface area contributed by atoms with E-state index in [0.29, 0.717) is 12.1 Å². The Morgan fingerprint density at radius 3 is 2.33 bits per heavy atom. The van der Waals surface area contributed by atoms with Crippen molar-refractivity contribution in [3.8, 4) is 0 Å². The molecule has 3 nitrogen and oxygen atoms in total. The summed E-state index contributed by atoms with van der Waals surface area (Å²) in [6, 6.07) is 1.36. The van der Waals surface area contributed by atoms with Crippen molar-refractivity contribution in [1.82, 2.24) is 9.80 Å². The molecule has 0 aromatic rings. The van der Waals surface area contributed by atoms with E-state index in [9.17, 15) is 0 Å². The van der Waals surface area contributed by atoms with Crippen LogP contribution in [0.15, 0.2) is 0 Å². The second-order valence-corrected chi connectivity index (χ2v) is 5.22. The Balaban J connectivity index is 2.56. The Kier molecular flexibility index (Phi) is 5.03. The van der Waals surface area contributed by atoms with Crippen molar-refractivity contribution in [3.05, 3.63) is 0 Å². The summed E-state index contributed by atoms with van der Waals surface area (Å²) in [5.74, 6) is 0.720. The number of piperazine rings is 1. The monoisotopic (exact) mass is 213 g/mol. The first-order chi connectivity index (χ1) is 7.06. The first-order valence-corrected chi connectivity index (χ1v) is 6.24. The summed E-state index contributed by atoms with van der Waals surface area (Å²) in [4.78, 5) is 5.14. The van der Waals surface area contributed by atoms with Gasteiger partial charge < -0.3 is 5.73 Å². The van der Waals surface area contributed by atoms with E-state index in [1.54, 1.807) is 0 Å². The second kappa shape index (κ2) is 5.83. The quantitative estimate of drug-likeness (QED) is 0.756. The van der Waals surface area contributed by atoms with Crippen molar-refractivity contribution < 1.29 is 0 Å². The first kappa shape index (κ1) is 12.9. The highest BCUT2D eigenvalue weighted by Crippen LogP contribution is 2.18. The first-order valence-electron chi connectivity index (χ1n) is 6.24. The molecule has 0 radical (unpaired) electrons. The minimum absolute atomic E-state index is 0.672. The molecule has 2 N–H and O–H groups in total. The minimum atomic E-state index is 0.672. The number of nitrogens with two attached hydrogens (primary N) is 1. The van der Waals surface area contributed by atoms with Gasteiger partial charge >= 0.3 is 0 Å². The van der Waals surface area contributed by atoms with Gasteiger partial charge in [0.25, 0.3) is 0 Å². The molecule has 15 heavy (non-hydrogen) atoms. The van der Waals surface area contributed by atoms with Crippen molar-refractivity contribution in [2.45, 2.75) is 39.8 Å². The van der Waals surface area contributed by atoms with E-state index >= 15 is 0 Å². The van der Waals surface area contributed by atoms with Crippen LogP contribution in [-0.4, -0.2) is 54.6 Å². The van der Waals surface area contributed by atoms with E-state index in [1.165, 1.54) is 19.6 Å². The van der Waals surface area contributed by atoms with E-state index in [1.807, 2.05) is 0 Å². The molecule has 1 heterocycles. The molecule has 1 unspecified atom stereocenters. The standard InChI is InChI=1S/C12H27N3/c1-10(2)12-9-15(11(3)4)8-7-14(12)6-5-13/h10-12H,5-9,13H2,1-4H3. The Bertz CT molecular complexity index is 180. The third-order valence-corrected chi connectivity index (χ3v) is 3.48. The molecule has 0 aromatic heterocycles. The van der Waals surface area contributed by atoms with Gasteiger partial charge in [-0.05, 0) is 19.8 Å². The third-order valence-electron chi connectivity index (χ3n) is 3.48. The lowest BCUT2D eigenvalue weighted by atomic mass is 9.99. The summed E-state index contributed by atoms with van der Waals surface area (Å²) < 4.78 is 0. The molecule has 0 amide bonds. The maximum absolute atomic E-state index is 5.66. The maximum atomic E-state index is 5.66. The van der Waals surface area contributed by atoms with Gasteiger partial charge in [0, 0.05) is 44.8 Å². The minimum Gasteiger partial charge on any atom is -0.329 e. The molecule has 1 rings (SSSR count). The Morgan fingerprint density at radius 1 is 1.20 bits per heavy atom. The average molecular weight is 213 g/mol. The van der Waals surface area contributed by atoms with Gasteiger partial charge in [-0.3, -0.25) is 9.80 Å². The molecule has 90 valence electrons. The van der Waals surface area contributed by atoms with Crippen LogP contribution < -0.4 is 5.73 Å². The van der Waals surface area contributed by atoms with E-state index < -0.39 is 0 Å². The summed E-state index contributed by atoms with van der Waals surface area (Å²) in [5.41, 5.74) is 5.66. The highest BCUT2D eigenvalue weighted by molar-refractivity contribution is 4.85. The summed E-state index contributed by atoms with van der Waals surface area (Å²) >= 11 is 0. The van der Waals surface area contributed by atoms with Gasteiger partial charge in [0.05, 0.1) is 0 Å². The van der Waals surface area contributed by atoms with E-state index in [2.05, 4.69) is 37.5 Å². The SMILES string of the molecule is CC(C)C1CN(C(C)C)CCN1CCN. The van der Waals surface area contributed by atoms with E-state index in [4.69, 9.17) is 5.73 Å². The van der Waals surface area contributed by atoms with Crippen molar-refractivity contribution in [2.24, 2.45) is 11.7 Å². The van der Waals surface area contributed by atoms with Gasteiger partial charge in [0.1, 0.15) is 0 Å². The molecular weight excluding hydrogens is 186 g/mol. The summed E-state index contributed by atoms with van der Waals surface area (Å²) in [7, 11) is 0. The van der Waals surface area contributed by atoms with E-state index in [0.717, 1.165) is 19.0 Å². The number of rotatable bonds is 4. The molecule has 0 aromatic carbocycles. The molecule has 0 bridgehead atoms. The van der Waals surface area contributed by atoms with Gasteiger partial charge in [-0.1, -0.05) is 13.8 Å². The fourth-order valence-electron chi connectivity index (χ4n) is 2.41. The van der Waals surface area contributed by atoms with Gasteiger partial charge in [-0.15, -0.1) is 0 Å². The van der Waals surface area contributed by atoms with Crippen molar-refractivity contribution in [2.75, 3.05) is 32.7 Å². The predicted molar refractivity (Wildman–Crippen MR) is 66.0 cm³/mol. The number of hydrogen-bond donors (Lipinski definition) is 1. The molecule has 1 saturated heterocycles. The summed E-state index contributed by atoms with van der Waals surface area (Å²) in [5, 5.41) is 0. The lowest BCUT2D eigenvalue weighted by molar-refractivity contribution is 0.0369. The molecule has 0 spiro atoms. The third kappa shape index (κ3) is 3.44. The predicted octanol–water partition coefficient (Wildman–Crippen LogP) is 0.996. The molecule has 1 fully saturated rings. The van der Waals surface area contributed by atoms with Gasteiger partial charge in [0.2, 0.25) is 0 Å². The molecule has 3 heteroatoms. The summed E-state index contributed by atoms with van der Waals surface area (Å²) in [6.07, 6.45) is 0. The zero-order valence-corrected chi connectivity index (χ0v) is 10.7. The fourth-order valence-corrected chi connectivity index (χ4v) is 2.41. The van der Waals surface area contributed by atoms with Crippen LogP contribution in [0.3, 0.4) is 0 Å². The zero-order chi connectivity index (χ0) is 11.4. The van der Waals surface area contributed by atoms with Crippen LogP contribution in [0, 0.1) is 5.92 Å². The Hall–Kier alpha value is -0.120. The van der Waals surface area contributed by atoms with Crippen molar-refractivity contribution >= 4 is 0 Å². The van der Waals surface area contributed by atoms with Crippen LogP contribution in [-0.2, 0) is 0 Å². The lowest BCUT2D eigenvalue weighted by Crippen LogP contribution is -2.57. The largest absolute Gasteiger partial charge is 0.329 e. The Morgan fingerprint density at radius 2 is 1.87 bits per heavy atom. The van der Waals surface area contributed by atoms with E-state index in [-0.39, 0.29) is 0 Å². The van der Waals surface area contributed by atoms with Gasteiger partial charge in [-0.25, -0.2) is 0 Å². The van der Waals surface area contributed by atoms with Crippen molar-refractivity contribution in [1.29, 1.82) is 0 Å². The van der Waals surface area contributed by atoms with Crippen LogP contribution in [0.2, 0.25) is 0 Å². The van der Waals surface area contributed by atoms with Gasteiger partial charge in [0.15, 0.2) is 0 Å². The fraction of sp³-hybridized carbons (Fsp3) is 1.00. The van der Waals surface area contributed by atoms with Crippen LogP contribution in [0.5, 0.6) is 0 Å². The molecule has 0 aliphatic carbocycles. The van der Waals surface area contributed by atoms with Crippen LogP contribution in [0.25, 0.3) is 0 Å². The number of hydrogen-bond acceptors (Lipinski definition) is 3. The van der Waals surface area contributed by atoms with Crippen LogP contribution in [0.4, 0.5) is 0 Å². The highest BCUT2D eigenvalue weighted by atomic mass is 15.3. The maximum Gasteiger partial charge on any atom is 0.0247 e. The molecule has 0 saturated carbocycles. The second-order valence-electron chi connectivity index (χ2n) is 5.22. The Labute approximate surface area is 94.6 Å². The average Bonchev–Trinajstić information content (AvgIpc) is 2.18. The van der Waals surface area contributed by atoms with Gasteiger partial charge in [-0.2, -0.15) is 0 Å². The topological polar surface area (TPSA) is 32.5 Å². The normalized spacial score (nSPS) is 25.4. The molecule has 1 aliphatic rings. The molecule has 1 atom stereocenters. The van der Waals surface area contributed by atoms with Crippen LogP contribution in [0.1, 0.15) is 27.7 Å². The lowest BCUT2D eigenvalue weighted by Gasteiger charge is -2.44. The molecule has 1 aliphatic heterocycles. The summed E-state index contributed by atoms with van der Waals surface area (Å²) in [6.45, 7) is 14.6. The zero-order valence-electron chi connectivity index (χ0n) is 10.7. The smallest absolute Gasteiger partial charge is 0.0247 e. The number of nitrogens with zero attached hydrogens (tertiary/aromatic N) is 2. The van der Waals surface area contributed by atoms with Crippen LogP contribution >= 0.6 is 0 Å².